The number of nitrogens with one attached hydrogen (secondary N) is 2. The number of anilines is 1. The van der Waals surface area contributed by atoms with Gasteiger partial charge in [-0.2, -0.15) is 0 Å². The molecule has 0 aliphatic carbocycles. The van der Waals surface area contributed by atoms with Crippen molar-refractivity contribution < 1.29 is 24.2 Å². The molecule has 174 valence electrons. The number of ketones is 1. The number of aromatic nitrogens is 3. The summed E-state index contributed by atoms with van der Waals surface area (Å²) in [5.74, 6) is -1.69. The minimum absolute atomic E-state index is 0.0938. The molecular formula is C26H20N4O5. The molecule has 3 aromatic heterocycles. The first-order chi connectivity index (χ1) is 17.0. The largest absolute Gasteiger partial charge is 0.489 e. The minimum atomic E-state index is -1.38. The Labute approximate surface area is 199 Å². The van der Waals surface area contributed by atoms with Gasteiger partial charge in [0.2, 0.25) is 11.7 Å². The van der Waals surface area contributed by atoms with Crippen molar-refractivity contribution in [3.8, 4) is 5.75 Å². The molecule has 0 saturated heterocycles. The highest BCUT2D eigenvalue weighted by Crippen LogP contribution is 2.31. The van der Waals surface area contributed by atoms with Crippen LogP contribution in [0.15, 0.2) is 84.5 Å². The topological polar surface area (TPSA) is 126 Å². The number of carboxylic acid groups (broad SMARTS) is 1. The number of rotatable bonds is 7. The molecule has 4 heterocycles. The molecule has 0 spiro atoms. The van der Waals surface area contributed by atoms with Gasteiger partial charge in [0, 0.05) is 47.0 Å². The number of ether oxygens (including phenoxy) is 2. The van der Waals surface area contributed by atoms with Gasteiger partial charge in [-0.05, 0) is 55.0 Å². The minimum Gasteiger partial charge on any atom is -0.489 e. The summed E-state index contributed by atoms with van der Waals surface area (Å²) < 4.78 is 11.5. The van der Waals surface area contributed by atoms with E-state index in [0.29, 0.717) is 29.3 Å². The molecule has 0 fully saturated rings. The molecule has 1 aliphatic rings. The van der Waals surface area contributed by atoms with Crippen LogP contribution in [0.4, 0.5) is 5.69 Å². The summed E-state index contributed by atoms with van der Waals surface area (Å²) in [4.78, 5) is 36.0. The van der Waals surface area contributed by atoms with Crippen LogP contribution in [0, 0.1) is 6.92 Å². The first kappa shape index (κ1) is 21.9. The second-order valence-electron chi connectivity index (χ2n) is 7.84. The molecule has 3 N–H and O–H groups in total. The highest BCUT2D eigenvalue weighted by molar-refractivity contribution is 6.26. The Morgan fingerprint density at radius 3 is 2.86 bits per heavy atom. The number of carbonyl (C=O) groups excluding carboxylic acids is 1. The molecule has 0 atom stereocenters. The van der Waals surface area contributed by atoms with E-state index < -0.39 is 17.3 Å². The van der Waals surface area contributed by atoms with Crippen LogP contribution in [0.3, 0.4) is 0 Å². The second kappa shape index (κ2) is 9.14. The third-order valence-corrected chi connectivity index (χ3v) is 5.45. The number of pyridine rings is 2. The third-order valence-electron chi connectivity index (χ3n) is 5.45. The first-order valence-corrected chi connectivity index (χ1v) is 10.7. The number of carbonyl (C=O) groups is 2. The summed E-state index contributed by atoms with van der Waals surface area (Å²) in [5.41, 5.74) is 3.14. The summed E-state index contributed by atoms with van der Waals surface area (Å²) in [7, 11) is 0. The van der Waals surface area contributed by atoms with E-state index in [2.05, 4.69) is 20.3 Å². The van der Waals surface area contributed by atoms with Crippen molar-refractivity contribution in [2.45, 2.75) is 13.5 Å². The van der Waals surface area contributed by atoms with E-state index in [4.69, 9.17) is 9.47 Å². The van der Waals surface area contributed by atoms with Gasteiger partial charge in [-0.3, -0.25) is 9.78 Å². The summed E-state index contributed by atoms with van der Waals surface area (Å²) in [5, 5.41) is 13.4. The number of hydrogen-bond donors (Lipinski definition) is 3. The number of fused-ring (bicyclic) bond motifs is 1. The van der Waals surface area contributed by atoms with Gasteiger partial charge in [-0.15, -0.1) is 0 Å². The summed E-state index contributed by atoms with van der Waals surface area (Å²) in [6, 6.07) is 12.7. The van der Waals surface area contributed by atoms with Crippen molar-refractivity contribution in [1.29, 1.82) is 0 Å². The van der Waals surface area contributed by atoms with E-state index in [1.54, 1.807) is 43.0 Å². The summed E-state index contributed by atoms with van der Waals surface area (Å²) in [6.07, 6.45) is 8.26. The maximum atomic E-state index is 12.8. The van der Waals surface area contributed by atoms with Gasteiger partial charge < -0.3 is 24.9 Å². The normalized spacial score (nSPS) is 14.4. The average Bonchev–Trinajstić information content (AvgIpc) is 3.40. The van der Waals surface area contributed by atoms with Crippen LogP contribution in [0.2, 0.25) is 0 Å². The predicted molar refractivity (Wildman–Crippen MR) is 128 cm³/mol. The zero-order valence-corrected chi connectivity index (χ0v) is 18.6. The fraction of sp³-hybridized carbons (Fsp3) is 0.0769. The molecular weight excluding hydrogens is 448 g/mol. The molecule has 9 nitrogen and oxygen atoms in total. The molecule has 0 amide bonds. The van der Waals surface area contributed by atoms with Crippen LogP contribution in [0.1, 0.15) is 16.7 Å². The smallest absolute Gasteiger partial charge is 0.345 e. The van der Waals surface area contributed by atoms with Gasteiger partial charge in [0.15, 0.2) is 11.3 Å². The van der Waals surface area contributed by atoms with Gasteiger partial charge in [-0.1, -0.05) is 6.07 Å². The SMILES string of the molecule is Cc1cc(OCc2cccnc2)ccc1NC1=C(C(=O)O)C(=O)C(=Cc2c[nH]c3ncccc23)O1. The Morgan fingerprint density at radius 1 is 1.23 bits per heavy atom. The van der Waals surface area contributed by atoms with Crippen molar-refractivity contribution in [2.75, 3.05) is 5.32 Å². The van der Waals surface area contributed by atoms with Crippen LogP contribution in [-0.2, 0) is 20.9 Å². The molecule has 9 heteroatoms. The second-order valence-corrected chi connectivity index (χ2v) is 7.84. The van der Waals surface area contributed by atoms with Gasteiger partial charge in [0.25, 0.3) is 0 Å². The number of aryl methyl sites for hydroxylation is 1. The number of allylic oxidation sites excluding steroid dienone is 1. The fourth-order valence-corrected chi connectivity index (χ4v) is 3.69. The Kier molecular flexibility index (Phi) is 5.72. The summed E-state index contributed by atoms with van der Waals surface area (Å²) >= 11 is 0. The van der Waals surface area contributed by atoms with Crippen LogP contribution in [0.25, 0.3) is 17.1 Å². The van der Waals surface area contributed by atoms with Crippen molar-refractivity contribution in [1.82, 2.24) is 15.0 Å². The lowest BCUT2D eigenvalue weighted by molar-refractivity contribution is -0.134. The monoisotopic (exact) mass is 468 g/mol. The van der Waals surface area contributed by atoms with Crippen LogP contribution < -0.4 is 10.1 Å². The maximum Gasteiger partial charge on any atom is 0.345 e. The van der Waals surface area contributed by atoms with E-state index in [9.17, 15) is 14.7 Å². The number of H-pyrrole nitrogens is 1. The Hall–Kier alpha value is -4.92. The van der Waals surface area contributed by atoms with Crippen molar-refractivity contribution in [2.24, 2.45) is 0 Å². The molecule has 0 saturated carbocycles. The van der Waals surface area contributed by atoms with Crippen molar-refractivity contribution in [3.05, 3.63) is 101 Å². The molecule has 0 unspecified atom stereocenters. The standard InChI is InChI=1S/C26H20N4O5/c1-15-10-18(34-14-16-4-2-8-27-12-16)6-7-20(15)30-25-22(26(32)33)23(31)21(35-25)11-17-13-29-24-19(17)5-3-9-28-24/h2-13,30H,14H2,1H3,(H,28,29)(H,32,33). The highest BCUT2D eigenvalue weighted by Gasteiger charge is 2.36. The van der Waals surface area contributed by atoms with E-state index in [1.807, 2.05) is 31.2 Å². The van der Waals surface area contributed by atoms with Crippen LogP contribution in [0.5, 0.6) is 5.75 Å². The third kappa shape index (κ3) is 4.47. The number of aliphatic carboxylic acids is 1. The number of Topliss-reactive ketones (excluding diaryl/α,β-unsaturated/α-hetero) is 1. The molecule has 4 aromatic rings. The lowest BCUT2D eigenvalue weighted by atomic mass is 10.1. The number of benzene rings is 1. The summed E-state index contributed by atoms with van der Waals surface area (Å²) in [6.45, 7) is 2.20. The van der Waals surface area contributed by atoms with Crippen molar-refractivity contribution >= 4 is 34.5 Å². The average molecular weight is 468 g/mol. The number of nitrogens with zero attached hydrogens (tertiary/aromatic N) is 2. The fourth-order valence-electron chi connectivity index (χ4n) is 3.69. The molecule has 1 aromatic carbocycles. The van der Waals surface area contributed by atoms with E-state index >= 15 is 0 Å². The Bertz CT molecular complexity index is 1500. The quantitative estimate of drug-likeness (QED) is 0.272. The van der Waals surface area contributed by atoms with Gasteiger partial charge in [0.1, 0.15) is 18.0 Å². The predicted octanol–water partition coefficient (Wildman–Crippen LogP) is 4.19. The molecule has 5 rings (SSSR count). The Morgan fingerprint density at radius 2 is 2.09 bits per heavy atom. The zero-order chi connectivity index (χ0) is 24.4. The van der Waals surface area contributed by atoms with Crippen LogP contribution >= 0.6 is 0 Å². The Balaban J connectivity index is 1.36. The van der Waals surface area contributed by atoms with Crippen LogP contribution in [-0.4, -0.2) is 31.8 Å². The lowest BCUT2D eigenvalue weighted by Crippen LogP contribution is -2.12. The molecule has 35 heavy (non-hydrogen) atoms. The van der Waals surface area contributed by atoms with E-state index in [1.165, 1.54) is 6.08 Å². The van der Waals surface area contributed by atoms with Gasteiger partial charge in [0.05, 0.1) is 0 Å². The van der Waals surface area contributed by atoms with Gasteiger partial charge >= 0.3 is 5.97 Å². The molecule has 0 radical (unpaired) electrons. The highest BCUT2D eigenvalue weighted by atomic mass is 16.5. The van der Waals surface area contributed by atoms with Crippen molar-refractivity contribution in [3.63, 3.8) is 0 Å². The van der Waals surface area contributed by atoms with E-state index in [-0.39, 0.29) is 11.6 Å². The molecule has 1 aliphatic heterocycles. The first-order valence-electron chi connectivity index (χ1n) is 10.7. The number of carboxylic acids is 1. The lowest BCUT2D eigenvalue weighted by Gasteiger charge is -2.13. The molecule has 0 bridgehead atoms. The van der Waals surface area contributed by atoms with Gasteiger partial charge in [-0.25, -0.2) is 9.78 Å². The maximum absolute atomic E-state index is 12.8. The number of hydrogen-bond acceptors (Lipinski definition) is 7. The van der Waals surface area contributed by atoms with E-state index in [0.717, 1.165) is 16.5 Å². The number of aromatic amines is 1. The zero-order valence-electron chi connectivity index (χ0n) is 18.6.